The van der Waals surface area contributed by atoms with Gasteiger partial charge in [-0.1, -0.05) is 37.0 Å². The Labute approximate surface area is 395 Å². The number of carbonyl (C=O) groups excluding carboxylic acids is 4. The second-order valence-corrected chi connectivity index (χ2v) is 17.3. The first-order valence-corrected chi connectivity index (χ1v) is 23.4. The lowest BCUT2D eigenvalue weighted by atomic mass is 9.95. The van der Waals surface area contributed by atoms with Gasteiger partial charge in [0, 0.05) is 39.3 Å². The summed E-state index contributed by atoms with van der Waals surface area (Å²) in [6.07, 6.45) is -16.7. The maximum absolute atomic E-state index is 12.4. The van der Waals surface area contributed by atoms with Crippen LogP contribution in [0.4, 0.5) is 0 Å². The van der Waals surface area contributed by atoms with Gasteiger partial charge in [0.15, 0.2) is 24.7 Å². The van der Waals surface area contributed by atoms with Crippen LogP contribution in [0.3, 0.4) is 0 Å². The molecule has 388 valence electrons. The van der Waals surface area contributed by atoms with Gasteiger partial charge in [-0.05, 0) is 51.2 Å². The molecule has 4 rings (SSSR count). The maximum atomic E-state index is 12.4. The molecule has 68 heavy (non-hydrogen) atoms. The van der Waals surface area contributed by atoms with E-state index in [1.165, 1.54) is 6.92 Å². The number of unbranched alkanes of at least 4 members (excludes halogenated alkanes) is 5. The first-order valence-electron chi connectivity index (χ1n) is 23.4. The SMILES string of the molecule is CC(=O)NC1[C@H](OCCCNC(=O)CCCCCNC(=O)CCCCCCC(=O)COc2ccc(C)cc2)OC(CO)[C@@H](O[C@@H]2OC(CO)[C@H](O)[C@H](O[C@H]3OC(CO)[C@H](O)[C@H](O)C3O)C2O)[C@@H]1O. The summed E-state index contributed by atoms with van der Waals surface area (Å²) in [5.41, 5.74) is 1.12. The first kappa shape index (κ1) is 57.1. The molecule has 0 saturated carbocycles. The molecule has 0 bridgehead atoms. The minimum absolute atomic E-state index is 0.0152. The van der Waals surface area contributed by atoms with Gasteiger partial charge in [-0.25, -0.2) is 0 Å². The molecule has 0 radical (unpaired) electrons. The lowest BCUT2D eigenvalue weighted by Crippen LogP contribution is -2.68. The molecule has 3 aliphatic rings. The Kier molecular flexibility index (Phi) is 24.9. The number of ketones is 1. The number of aliphatic hydroxyl groups excluding tert-OH is 9. The third kappa shape index (κ3) is 17.7. The molecule has 3 fully saturated rings. The van der Waals surface area contributed by atoms with E-state index in [1.54, 1.807) is 0 Å². The molecule has 1 aromatic rings. The highest BCUT2D eigenvalue weighted by atomic mass is 16.8. The van der Waals surface area contributed by atoms with E-state index in [2.05, 4.69) is 16.0 Å². The number of ether oxygens (including phenoxy) is 7. The summed E-state index contributed by atoms with van der Waals surface area (Å²) in [6, 6.07) is 6.24. The molecule has 3 heterocycles. The van der Waals surface area contributed by atoms with Crippen molar-refractivity contribution in [1.29, 1.82) is 0 Å². The van der Waals surface area contributed by atoms with Crippen molar-refractivity contribution < 1.29 is 98.3 Å². The van der Waals surface area contributed by atoms with E-state index < -0.39 is 118 Å². The van der Waals surface area contributed by atoms with Crippen molar-refractivity contribution in [2.45, 2.75) is 177 Å². The Morgan fingerprint density at radius 3 is 1.71 bits per heavy atom. The predicted octanol–water partition coefficient (Wildman–Crippen LogP) is -2.92. The number of hydrogen-bond acceptors (Lipinski definition) is 20. The summed E-state index contributed by atoms with van der Waals surface area (Å²) in [5, 5.41) is 102. The van der Waals surface area contributed by atoms with E-state index in [4.69, 9.17) is 33.2 Å². The van der Waals surface area contributed by atoms with Crippen LogP contribution >= 0.6 is 0 Å². The van der Waals surface area contributed by atoms with E-state index in [1.807, 2.05) is 31.2 Å². The fourth-order valence-electron chi connectivity index (χ4n) is 7.90. The van der Waals surface area contributed by atoms with Crippen LogP contribution in [0, 0.1) is 6.92 Å². The van der Waals surface area contributed by atoms with Crippen molar-refractivity contribution in [2.75, 3.05) is 46.1 Å². The normalized spacial score (nSPS) is 31.7. The van der Waals surface area contributed by atoms with Crippen molar-refractivity contribution >= 4 is 23.5 Å². The monoisotopic (exact) mass is 975 g/mol. The summed E-state index contributed by atoms with van der Waals surface area (Å²) in [6.45, 7) is 1.52. The highest BCUT2D eigenvalue weighted by Crippen LogP contribution is 2.33. The summed E-state index contributed by atoms with van der Waals surface area (Å²) in [5.74, 6) is -0.0893. The number of rotatable bonds is 29. The van der Waals surface area contributed by atoms with Gasteiger partial charge in [0.25, 0.3) is 0 Å². The molecule has 3 aliphatic heterocycles. The molecule has 6 unspecified atom stereocenters. The molecule has 23 heteroatoms. The van der Waals surface area contributed by atoms with Gasteiger partial charge in [0.2, 0.25) is 17.7 Å². The minimum atomic E-state index is -1.96. The summed E-state index contributed by atoms with van der Waals surface area (Å²) in [4.78, 5) is 48.9. The van der Waals surface area contributed by atoms with Crippen LogP contribution in [0.25, 0.3) is 0 Å². The van der Waals surface area contributed by atoms with Gasteiger partial charge < -0.3 is 95.1 Å². The van der Waals surface area contributed by atoms with Gasteiger partial charge in [0.1, 0.15) is 85.5 Å². The highest BCUT2D eigenvalue weighted by Gasteiger charge is 2.54. The van der Waals surface area contributed by atoms with Crippen molar-refractivity contribution in [3.05, 3.63) is 29.8 Å². The third-order valence-electron chi connectivity index (χ3n) is 11.8. The number of carbonyl (C=O) groups is 4. The Hall–Kier alpha value is -3.50. The van der Waals surface area contributed by atoms with Crippen LogP contribution in [0.2, 0.25) is 0 Å². The molecule has 15 atom stereocenters. The van der Waals surface area contributed by atoms with Gasteiger partial charge >= 0.3 is 0 Å². The standard InChI is InChI=1S/C45H73N3O20/c1-25-14-16-28(17-15-25)63-24-27(53)11-6-3-4-7-12-32(54)46-18-9-5-8-13-33(55)47-19-10-20-62-43-34(48-26(2)52)37(58)41(31(23-51)66-43)67-45-40(61)42(36(57)30(22-50)65-45)68-44-39(60)38(59)35(56)29(21-49)64-44/h14-17,29-31,34-45,49-51,56-61H,3-13,18-24H2,1-2H3,(H,46,54)(H,47,55)(H,48,52)/t29?,30?,31?,34?,35-,36-,37+,38-,39?,40?,41+,42-,43+,44+,45-/m0/s1. The molecule has 0 aliphatic carbocycles. The summed E-state index contributed by atoms with van der Waals surface area (Å²) >= 11 is 0. The van der Waals surface area contributed by atoms with Crippen LogP contribution in [0.5, 0.6) is 5.75 Å². The zero-order valence-electron chi connectivity index (χ0n) is 38.7. The van der Waals surface area contributed by atoms with E-state index in [0.29, 0.717) is 44.4 Å². The Balaban J connectivity index is 1.11. The highest BCUT2D eigenvalue weighted by molar-refractivity contribution is 5.80. The number of aryl methyl sites for hydroxylation is 1. The van der Waals surface area contributed by atoms with Gasteiger partial charge in [-0.3, -0.25) is 19.2 Å². The molecule has 0 spiro atoms. The Morgan fingerprint density at radius 2 is 1.10 bits per heavy atom. The average molecular weight is 976 g/mol. The van der Waals surface area contributed by atoms with Crippen LogP contribution in [0.1, 0.15) is 83.1 Å². The maximum Gasteiger partial charge on any atom is 0.219 e. The van der Waals surface area contributed by atoms with Gasteiger partial charge in [0.05, 0.1) is 26.4 Å². The average Bonchev–Trinajstić information content (AvgIpc) is 3.31. The fraction of sp³-hybridized carbons (Fsp3) is 0.778. The van der Waals surface area contributed by atoms with Crippen molar-refractivity contribution in [3.63, 3.8) is 0 Å². The second-order valence-electron chi connectivity index (χ2n) is 17.3. The van der Waals surface area contributed by atoms with E-state index in [-0.39, 0.29) is 43.8 Å². The molecular weight excluding hydrogens is 902 g/mol. The summed E-state index contributed by atoms with van der Waals surface area (Å²) < 4.78 is 39.6. The first-order chi connectivity index (χ1) is 32.6. The zero-order valence-corrected chi connectivity index (χ0v) is 38.7. The molecular formula is C45H73N3O20. The van der Waals surface area contributed by atoms with Crippen LogP contribution in [0.15, 0.2) is 24.3 Å². The van der Waals surface area contributed by atoms with Crippen LogP contribution in [-0.2, 0) is 47.6 Å². The number of Topliss-reactive ketones (excluding diaryl/α,β-unsaturated/α-hetero) is 1. The van der Waals surface area contributed by atoms with Gasteiger partial charge in [-0.2, -0.15) is 0 Å². The predicted molar refractivity (Wildman–Crippen MR) is 235 cm³/mol. The number of benzene rings is 1. The van der Waals surface area contributed by atoms with E-state index in [0.717, 1.165) is 37.7 Å². The lowest BCUT2D eigenvalue weighted by molar-refractivity contribution is -0.376. The molecule has 0 aromatic heterocycles. The Morgan fingerprint density at radius 1 is 0.574 bits per heavy atom. The quantitative estimate of drug-likeness (QED) is 0.0358. The third-order valence-corrected chi connectivity index (χ3v) is 11.8. The number of nitrogens with one attached hydrogen (secondary N) is 3. The second kappa shape index (κ2) is 29.6. The largest absolute Gasteiger partial charge is 0.486 e. The fourth-order valence-corrected chi connectivity index (χ4v) is 7.90. The molecule has 3 amide bonds. The number of aliphatic hydroxyl groups is 9. The van der Waals surface area contributed by atoms with Gasteiger partial charge in [-0.15, -0.1) is 0 Å². The minimum Gasteiger partial charge on any atom is -0.486 e. The van der Waals surface area contributed by atoms with Crippen molar-refractivity contribution in [2.24, 2.45) is 0 Å². The Bertz CT molecular complexity index is 1660. The summed E-state index contributed by atoms with van der Waals surface area (Å²) in [7, 11) is 0. The van der Waals surface area contributed by atoms with Crippen molar-refractivity contribution in [3.8, 4) is 5.75 Å². The number of hydrogen-bond donors (Lipinski definition) is 12. The molecule has 1 aromatic carbocycles. The lowest BCUT2D eigenvalue weighted by Gasteiger charge is -2.48. The van der Waals surface area contributed by atoms with E-state index >= 15 is 0 Å². The molecule has 12 N–H and O–H groups in total. The molecule has 23 nitrogen and oxygen atoms in total. The topological polar surface area (TPSA) is 351 Å². The zero-order chi connectivity index (χ0) is 49.8. The smallest absolute Gasteiger partial charge is 0.219 e. The number of amides is 3. The molecule has 3 saturated heterocycles. The van der Waals surface area contributed by atoms with Crippen molar-refractivity contribution in [1.82, 2.24) is 16.0 Å². The van der Waals surface area contributed by atoms with Crippen LogP contribution in [-0.4, -0.2) is 208 Å². The van der Waals surface area contributed by atoms with E-state index in [9.17, 15) is 65.1 Å². The van der Waals surface area contributed by atoms with Crippen LogP contribution < -0.4 is 20.7 Å².